The molecule has 1 heterocycles. The number of carboxylic acid groups (broad SMARTS) is 1. The first kappa shape index (κ1) is 24.5. The van der Waals surface area contributed by atoms with Crippen LogP contribution in [0.1, 0.15) is 34.8 Å². The Hall–Kier alpha value is -3.58. The maximum atomic E-state index is 14.6. The van der Waals surface area contributed by atoms with Crippen LogP contribution in [0.5, 0.6) is 0 Å². The van der Waals surface area contributed by atoms with E-state index in [0.29, 0.717) is 27.7 Å². The van der Waals surface area contributed by atoms with Gasteiger partial charge >= 0.3 is 5.97 Å². The summed E-state index contributed by atoms with van der Waals surface area (Å²) in [6.07, 6.45) is -0.342. The largest absolute Gasteiger partial charge is 0.481 e. The molecule has 0 aliphatic carbocycles. The Labute approximate surface area is 211 Å². The fourth-order valence-electron chi connectivity index (χ4n) is 4.40. The zero-order chi connectivity index (χ0) is 25.2. The summed E-state index contributed by atoms with van der Waals surface area (Å²) < 4.78 is 15.4. The van der Waals surface area contributed by atoms with Crippen LogP contribution in [0.4, 0.5) is 4.39 Å². The van der Waals surface area contributed by atoms with E-state index < -0.39 is 17.2 Å². The number of carboxylic acids is 1. The normalized spacial score (nSPS) is 12.8. The number of pyridine rings is 1. The summed E-state index contributed by atoms with van der Waals surface area (Å²) in [7, 11) is 0. The number of fused-ring (bicyclic) bond motifs is 1. The molecule has 1 atom stereocenters. The molecule has 0 saturated heterocycles. The van der Waals surface area contributed by atoms with Crippen molar-refractivity contribution in [2.75, 3.05) is 6.54 Å². The highest BCUT2D eigenvalue weighted by Crippen LogP contribution is 2.33. The number of aromatic nitrogens is 1. The Balaban J connectivity index is 1.78. The van der Waals surface area contributed by atoms with Gasteiger partial charge in [-0.2, -0.15) is 0 Å². The lowest BCUT2D eigenvalue weighted by molar-refractivity contribution is -0.138. The van der Waals surface area contributed by atoms with Gasteiger partial charge in [0, 0.05) is 27.4 Å². The molecule has 0 aliphatic rings. The number of carbonyl (C=O) groups is 2. The molecule has 4 rings (SSSR count). The van der Waals surface area contributed by atoms with E-state index in [2.05, 4.69) is 21.2 Å². The molecule has 0 saturated carbocycles. The van der Waals surface area contributed by atoms with Crippen LogP contribution in [0.15, 0.2) is 77.3 Å². The maximum Gasteiger partial charge on any atom is 0.304 e. The molecule has 0 bridgehead atoms. The number of rotatable bonds is 7. The van der Waals surface area contributed by atoms with Gasteiger partial charge in [-0.05, 0) is 42.3 Å². The molecule has 0 radical (unpaired) electrons. The van der Waals surface area contributed by atoms with Crippen molar-refractivity contribution in [2.45, 2.75) is 25.7 Å². The molecule has 1 aromatic heterocycles. The minimum absolute atomic E-state index is 0.0585. The van der Waals surface area contributed by atoms with Crippen molar-refractivity contribution >= 4 is 38.7 Å². The van der Waals surface area contributed by atoms with Gasteiger partial charge in [-0.1, -0.05) is 71.4 Å². The van der Waals surface area contributed by atoms with Crippen molar-refractivity contribution in [1.82, 2.24) is 10.3 Å². The summed E-state index contributed by atoms with van der Waals surface area (Å²) in [5.74, 6) is -1.96. The minimum atomic E-state index is -1.15. The number of benzene rings is 3. The van der Waals surface area contributed by atoms with E-state index in [4.69, 9.17) is 4.98 Å². The monoisotopic (exact) mass is 534 g/mol. The van der Waals surface area contributed by atoms with Crippen molar-refractivity contribution in [3.63, 3.8) is 0 Å². The molecule has 2 N–H and O–H groups in total. The van der Waals surface area contributed by atoms with E-state index in [0.717, 1.165) is 10.0 Å². The Morgan fingerprint density at radius 3 is 2.43 bits per heavy atom. The summed E-state index contributed by atoms with van der Waals surface area (Å²) in [5.41, 5.74) is 2.47. The van der Waals surface area contributed by atoms with E-state index in [1.165, 1.54) is 6.07 Å². The third-order valence-corrected chi connectivity index (χ3v) is 6.66. The van der Waals surface area contributed by atoms with Crippen molar-refractivity contribution in [2.24, 2.45) is 0 Å². The number of carbonyl (C=O) groups excluding carboxylic acids is 1. The standard InChI is InChI=1S/C28H24BrFN2O3/c1-17-25(20-14-19(29)12-13-23(20)32-26(17)18-8-4-3-5-9-18)27(35)31-16-28(2,15-24(33)34)21-10-6-7-11-22(21)30/h3-14H,15-16H2,1-2H3,(H,31,35)(H,33,34). The highest BCUT2D eigenvalue weighted by molar-refractivity contribution is 9.10. The lowest BCUT2D eigenvalue weighted by Crippen LogP contribution is -2.41. The lowest BCUT2D eigenvalue weighted by atomic mass is 9.79. The zero-order valence-corrected chi connectivity index (χ0v) is 20.9. The molecule has 1 unspecified atom stereocenters. The average Bonchev–Trinajstić information content (AvgIpc) is 2.82. The molecule has 3 aromatic carbocycles. The summed E-state index contributed by atoms with van der Waals surface area (Å²) >= 11 is 3.47. The average molecular weight is 535 g/mol. The smallest absolute Gasteiger partial charge is 0.304 e. The summed E-state index contributed by atoms with van der Waals surface area (Å²) in [6, 6.07) is 21.2. The minimum Gasteiger partial charge on any atom is -0.481 e. The summed E-state index contributed by atoms with van der Waals surface area (Å²) in [5, 5.41) is 13.1. The molecule has 7 heteroatoms. The highest BCUT2D eigenvalue weighted by atomic mass is 79.9. The number of aliphatic carboxylic acids is 1. The number of nitrogens with zero attached hydrogens (tertiary/aromatic N) is 1. The van der Waals surface area contributed by atoms with E-state index in [9.17, 15) is 19.1 Å². The van der Waals surface area contributed by atoms with Crippen LogP contribution < -0.4 is 5.32 Å². The van der Waals surface area contributed by atoms with Crippen molar-refractivity contribution < 1.29 is 19.1 Å². The number of hydrogen-bond acceptors (Lipinski definition) is 3. The van der Waals surface area contributed by atoms with Gasteiger partial charge in [0.25, 0.3) is 5.91 Å². The van der Waals surface area contributed by atoms with Crippen LogP contribution in [0.2, 0.25) is 0 Å². The summed E-state index contributed by atoms with van der Waals surface area (Å²) in [6.45, 7) is 3.43. The first-order valence-electron chi connectivity index (χ1n) is 11.1. The Bertz CT molecular complexity index is 1420. The molecule has 35 heavy (non-hydrogen) atoms. The molecule has 1 amide bonds. The van der Waals surface area contributed by atoms with Gasteiger partial charge in [-0.15, -0.1) is 0 Å². The number of nitrogens with one attached hydrogen (secondary N) is 1. The van der Waals surface area contributed by atoms with Crippen LogP contribution >= 0.6 is 15.9 Å². The summed E-state index contributed by atoms with van der Waals surface area (Å²) in [4.78, 5) is 30.1. The van der Waals surface area contributed by atoms with Crippen LogP contribution in [-0.2, 0) is 10.2 Å². The Kier molecular flexibility index (Phi) is 6.98. The SMILES string of the molecule is Cc1c(-c2ccccc2)nc2ccc(Br)cc2c1C(=O)NCC(C)(CC(=O)O)c1ccccc1F. The lowest BCUT2D eigenvalue weighted by Gasteiger charge is -2.29. The van der Waals surface area contributed by atoms with Crippen LogP contribution in [0.3, 0.4) is 0 Å². The zero-order valence-electron chi connectivity index (χ0n) is 19.3. The van der Waals surface area contributed by atoms with Gasteiger partial charge < -0.3 is 10.4 Å². The fraction of sp³-hybridized carbons (Fsp3) is 0.179. The van der Waals surface area contributed by atoms with Gasteiger partial charge in [0.1, 0.15) is 5.82 Å². The van der Waals surface area contributed by atoms with Gasteiger partial charge in [-0.3, -0.25) is 9.59 Å². The Morgan fingerprint density at radius 2 is 1.74 bits per heavy atom. The van der Waals surface area contributed by atoms with Gasteiger partial charge in [0.2, 0.25) is 0 Å². The number of hydrogen-bond donors (Lipinski definition) is 2. The first-order valence-corrected chi connectivity index (χ1v) is 11.9. The second-order valence-corrected chi connectivity index (χ2v) is 9.70. The quantitative estimate of drug-likeness (QED) is 0.292. The molecule has 0 spiro atoms. The van der Waals surface area contributed by atoms with E-state index >= 15 is 0 Å². The van der Waals surface area contributed by atoms with Crippen LogP contribution in [0, 0.1) is 12.7 Å². The van der Waals surface area contributed by atoms with E-state index in [1.54, 1.807) is 25.1 Å². The third-order valence-electron chi connectivity index (χ3n) is 6.17. The molecular weight excluding hydrogens is 511 g/mol. The molecule has 4 aromatic rings. The van der Waals surface area contributed by atoms with Crippen molar-refractivity contribution in [3.8, 4) is 11.3 Å². The van der Waals surface area contributed by atoms with Crippen LogP contribution in [0.25, 0.3) is 22.2 Å². The van der Waals surface area contributed by atoms with E-state index in [1.807, 2.05) is 55.5 Å². The number of halogens is 2. The van der Waals surface area contributed by atoms with Gasteiger partial charge in [0.05, 0.1) is 23.2 Å². The molecule has 0 fully saturated rings. The van der Waals surface area contributed by atoms with Gasteiger partial charge in [-0.25, -0.2) is 9.37 Å². The fourth-order valence-corrected chi connectivity index (χ4v) is 4.76. The topological polar surface area (TPSA) is 79.3 Å². The first-order chi connectivity index (χ1) is 16.7. The molecule has 0 aliphatic heterocycles. The molecule has 178 valence electrons. The second-order valence-electron chi connectivity index (χ2n) is 8.78. The predicted octanol–water partition coefficient (Wildman–Crippen LogP) is 6.27. The van der Waals surface area contributed by atoms with Crippen molar-refractivity contribution in [3.05, 3.63) is 99.8 Å². The van der Waals surface area contributed by atoms with Crippen LogP contribution in [-0.4, -0.2) is 28.5 Å². The molecular formula is C28H24BrFN2O3. The highest BCUT2D eigenvalue weighted by Gasteiger charge is 2.33. The Morgan fingerprint density at radius 1 is 1.06 bits per heavy atom. The van der Waals surface area contributed by atoms with E-state index in [-0.39, 0.29) is 24.4 Å². The number of amides is 1. The van der Waals surface area contributed by atoms with Gasteiger partial charge in [0.15, 0.2) is 0 Å². The third kappa shape index (κ3) is 5.10. The maximum absolute atomic E-state index is 14.6. The predicted molar refractivity (Wildman–Crippen MR) is 138 cm³/mol. The van der Waals surface area contributed by atoms with Crippen molar-refractivity contribution in [1.29, 1.82) is 0 Å². The molecule has 5 nitrogen and oxygen atoms in total. The second kappa shape index (κ2) is 9.96.